The normalized spacial score (nSPS) is 15.3. The molecular formula is C34H32N2O4. The molecule has 4 aromatic carbocycles. The summed E-state index contributed by atoms with van der Waals surface area (Å²) >= 11 is 0. The van der Waals surface area contributed by atoms with E-state index < -0.39 is 23.8 Å². The lowest BCUT2D eigenvalue weighted by Gasteiger charge is -2.41. The fourth-order valence-electron chi connectivity index (χ4n) is 5.44. The monoisotopic (exact) mass is 532 g/mol. The van der Waals surface area contributed by atoms with E-state index in [1.165, 1.54) is 7.11 Å². The van der Waals surface area contributed by atoms with Crippen molar-refractivity contribution in [1.29, 1.82) is 0 Å². The lowest BCUT2D eigenvalue weighted by molar-refractivity contribution is -0.141. The van der Waals surface area contributed by atoms with Crippen LogP contribution >= 0.6 is 0 Å². The molecule has 1 amide bonds. The third-order valence-electron chi connectivity index (χ3n) is 7.43. The Morgan fingerprint density at radius 3 is 1.55 bits per heavy atom. The largest absolute Gasteiger partial charge is 0.501 e. The average molecular weight is 533 g/mol. The molecule has 1 aliphatic heterocycles. The Kier molecular flexibility index (Phi) is 8.26. The molecule has 0 radical (unpaired) electrons. The lowest BCUT2D eigenvalue weighted by atomic mass is 9.86. The van der Waals surface area contributed by atoms with Crippen LogP contribution in [-0.4, -0.2) is 41.7 Å². The van der Waals surface area contributed by atoms with Gasteiger partial charge in [-0.3, -0.25) is 4.79 Å². The fourth-order valence-corrected chi connectivity index (χ4v) is 5.44. The lowest BCUT2D eigenvalue weighted by Crippen LogP contribution is -2.56. The van der Waals surface area contributed by atoms with Crippen LogP contribution in [0.3, 0.4) is 0 Å². The first-order valence-corrected chi connectivity index (χ1v) is 13.4. The fraction of sp³-hybridized carbons (Fsp3) is 0.176. The van der Waals surface area contributed by atoms with E-state index in [2.05, 4.69) is 29.6 Å². The van der Waals surface area contributed by atoms with E-state index in [4.69, 9.17) is 4.74 Å². The standard InChI is InChI=1S/C34H32N2O4/c1-40-34(39)31-32(37)33(38)35-30(22-28(24-14-6-2-7-15-24)25-16-8-3-9-17-25)36(31)23-29(26-18-10-4-11-19-26)27-20-12-5-13-21-27/h2-21,28-30,37H,22-23H2,1H3,(H,35,38). The number of aliphatic hydroxyl groups is 1. The van der Waals surface area contributed by atoms with Gasteiger partial charge in [-0.25, -0.2) is 4.79 Å². The zero-order valence-corrected chi connectivity index (χ0v) is 22.3. The van der Waals surface area contributed by atoms with Gasteiger partial charge < -0.3 is 20.1 Å². The first-order valence-electron chi connectivity index (χ1n) is 13.4. The Hall–Kier alpha value is -4.84. The van der Waals surface area contributed by atoms with Gasteiger partial charge in [0, 0.05) is 18.4 Å². The third-order valence-corrected chi connectivity index (χ3v) is 7.43. The Morgan fingerprint density at radius 1 is 0.750 bits per heavy atom. The van der Waals surface area contributed by atoms with E-state index in [-0.39, 0.29) is 17.5 Å². The number of hydrogen-bond donors (Lipinski definition) is 2. The number of aliphatic hydroxyl groups excluding tert-OH is 1. The van der Waals surface area contributed by atoms with Crippen molar-refractivity contribution in [2.45, 2.75) is 24.4 Å². The summed E-state index contributed by atoms with van der Waals surface area (Å²) in [5.41, 5.74) is 4.15. The quantitative estimate of drug-likeness (QED) is 0.269. The minimum absolute atomic E-state index is 0.0822. The van der Waals surface area contributed by atoms with E-state index in [1.54, 1.807) is 4.90 Å². The molecule has 0 saturated carbocycles. The summed E-state index contributed by atoms with van der Waals surface area (Å²) in [6.07, 6.45) is -0.137. The smallest absolute Gasteiger partial charge is 0.358 e. The van der Waals surface area contributed by atoms with Gasteiger partial charge in [-0.1, -0.05) is 121 Å². The summed E-state index contributed by atoms with van der Waals surface area (Å²) in [6.45, 7) is 0.323. The summed E-state index contributed by atoms with van der Waals surface area (Å²) in [5, 5.41) is 13.8. The molecule has 1 heterocycles. The van der Waals surface area contributed by atoms with Gasteiger partial charge in [0.2, 0.25) is 5.76 Å². The van der Waals surface area contributed by atoms with Crippen LogP contribution in [-0.2, 0) is 14.3 Å². The van der Waals surface area contributed by atoms with Crippen LogP contribution in [0.5, 0.6) is 0 Å². The van der Waals surface area contributed by atoms with Crippen LogP contribution in [0.25, 0.3) is 0 Å². The van der Waals surface area contributed by atoms with Crippen LogP contribution in [0.15, 0.2) is 133 Å². The molecule has 202 valence electrons. The summed E-state index contributed by atoms with van der Waals surface area (Å²) in [6, 6.07) is 40.2. The van der Waals surface area contributed by atoms with Crippen molar-refractivity contribution in [2.75, 3.05) is 13.7 Å². The highest BCUT2D eigenvalue weighted by Crippen LogP contribution is 2.35. The summed E-state index contributed by atoms with van der Waals surface area (Å²) < 4.78 is 5.08. The average Bonchev–Trinajstić information content (AvgIpc) is 3.02. The summed E-state index contributed by atoms with van der Waals surface area (Å²) in [7, 11) is 1.25. The van der Waals surface area contributed by atoms with Crippen LogP contribution in [0.2, 0.25) is 0 Å². The number of ether oxygens (including phenoxy) is 1. The number of hydrogen-bond acceptors (Lipinski definition) is 5. The van der Waals surface area contributed by atoms with Crippen molar-refractivity contribution >= 4 is 11.9 Å². The SMILES string of the molecule is COC(=O)C1=C(O)C(=O)NC(CC(c2ccccc2)c2ccccc2)N1CC(c1ccccc1)c1ccccc1. The molecule has 0 spiro atoms. The molecule has 0 saturated heterocycles. The zero-order chi connectivity index (χ0) is 27.9. The molecule has 0 fully saturated rings. The van der Waals surface area contributed by atoms with Gasteiger partial charge in [-0.05, 0) is 28.7 Å². The van der Waals surface area contributed by atoms with E-state index in [0.29, 0.717) is 13.0 Å². The van der Waals surface area contributed by atoms with Gasteiger partial charge >= 0.3 is 5.97 Å². The van der Waals surface area contributed by atoms with E-state index >= 15 is 0 Å². The second-order valence-electron chi connectivity index (χ2n) is 9.81. The Labute approximate surface area is 234 Å². The molecule has 0 bridgehead atoms. The van der Waals surface area contributed by atoms with Gasteiger partial charge in [0.15, 0.2) is 5.70 Å². The van der Waals surface area contributed by atoms with E-state index in [1.807, 2.05) is 97.1 Å². The molecule has 40 heavy (non-hydrogen) atoms. The number of esters is 1. The minimum Gasteiger partial charge on any atom is -0.501 e. The molecular weight excluding hydrogens is 500 g/mol. The molecule has 6 nitrogen and oxygen atoms in total. The highest BCUT2D eigenvalue weighted by molar-refractivity contribution is 6.02. The Balaban J connectivity index is 1.60. The van der Waals surface area contributed by atoms with Crippen LogP contribution in [0.4, 0.5) is 0 Å². The van der Waals surface area contributed by atoms with Crippen LogP contribution < -0.4 is 5.32 Å². The second-order valence-corrected chi connectivity index (χ2v) is 9.81. The molecule has 5 rings (SSSR count). The molecule has 1 unspecified atom stereocenters. The number of nitrogens with zero attached hydrogens (tertiary/aromatic N) is 1. The third kappa shape index (κ3) is 5.76. The second kappa shape index (κ2) is 12.3. The van der Waals surface area contributed by atoms with Crippen LogP contribution in [0.1, 0.15) is 40.5 Å². The molecule has 0 aliphatic carbocycles. The maximum absolute atomic E-state index is 13.1. The van der Waals surface area contributed by atoms with Crippen molar-refractivity contribution in [3.8, 4) is 0 Å². The predicted molar refractivity (Wildman–Crippen MR) is 154 cm³/mol. The Bertz CT molecular complexity index is 1380. The van der Waals surface area contributed by atoms with Gasteiger partial charge in [0.25, 0.3) is 5.91 Å². The maximum Gasteiger partial charge on any atom is 0.358 e. The van der Waals surface area contributed by atoms with Crippen molar-refractivity contribution < 1.29 is 19.4 Å². The van der Waals surface area contributed by atoms with Crippen molar-refractivity contribution in [3.05, 3.63) is 155 Å². The molecule has 2 N–H and O–H groups in total. The van der Waals surface area contributed by atoms with E-state index in [0.717, 1.165) is 22.3 Å². The van der Waals surface area contributed by atoms with Gasteiger partial charge in [-0.15, -0.1) is 0 Å². The van der Waals surface area contributed by atoms with Crippen molar-refractivity contribution in [3.63, 3.8) is 0 Å². The molecule has 4 aromatic rings. The van der Waals surface area contributed by atoms with Crippen LogP contribution in [0, 0.1) is 0 Å². The van der Waals surface area contributed by atoms with Crippen molar-refractivity contribution in [2.24, 2.45) is 0 Å². The number of nitrogens with one attached hydrogen (secondary N) is 1. The van der Waals surface area contributed by atoms with Gasteiger partial charge in [-0.2, -0.15) is 0 Å². The zero-order valence-electron chi connectivity index (χ0n) is 22.3. The number of carbonyl (C=O) groups excluding carboxylic acids is 2. The molecule has 6 heteroatoms. The highest BCUT2D eigenvalue weighted by atomic mass is 16.5. The minimum atomic E-state index is -0.756. The number of rotatable bonds is 9. The molecule has 1 aliphatic rings. The van der Waals surface area contributed by atoms with Gasteiger partial charge in [0.1, 0.15) is 6.17 Å². The maximum atomic E-state index is 13.1. The van der Waals surface area contributed by atoms with Crippen molar-refractivity contribution in [1.82, 2.24) is 10.2 Å². The van der Waals surface area contributed by atoms with E-state index in [9.17, 15) is 14.7 Å². The number of amides is 1. The first-order chi connectivity index (χ1) is 19.6. The number of carbonyl (C=O) groups is 2. The number of benzene rings is 4. The molecule has 1 atom stereocenters. The first kappa shape index (κ1) is 26.8. The number of methoxy groups -OCH3 is 1. The predicted octanol–water partition coefficient (Wildman–Crippen LogP) is 5.74. The van der Waals surface area contributed by atoms with Gasteiger partial charge in [0.05, 0.1) is 7.11 Å². The molecule has 0 aromatic heterocycles. The highest BCUT2D eigenvalue weighted by Gasteiger charge is 2.40. The Morgan fingerprint density at radius 2 is 1.15 bits per heavy atom. The topological polar surface area (TPSA) is 78.9 Å². The summed E-state index contributed by atoms with van der Waals surface area (Å²) in [4.78, 5) is 27.9. The summed E-state index contributed by atoms with van der Waals surface area (Å²) in [5.74, 6) is -2.33.